The van der Waals surface area contributed by atoms with Crippen molar-refractivity contribution in [1.29, 1.82) is 0 Å². The van der Waals surface area contributed by atoms with Gasteiger partial charge in [0.15, 0.2) is 11.5 Å². The molecule has 156 valence electrons. The number of benzene rings is 3. The lowest BCUT2D eigenvalue weighted by Crippen LogP contribution is -2.33. The van der Waals surface area contributed by atoms with E-state index in [4.69, 9.17) is 30.9 Å². The second-order valence-corrected chi connectivity index (χ2v) is 8.96. The lowest BCUT2D eigenvalue weighted by atomic mass is 9.95. The van der Waals surface area contributed by atoms with Crippen molar-refractivity contribution in [1.82, 2.24) is 5.01 Å². The van der Waals surface area contributed by atoms with Crippen LogP contribution in [0.2, 0.25) is 5.02 Å². The molecule has 3 aliphatic rings. The summed E-state index contributed by atoms with van der Waals surface area (Å²) < 4.78 is 17.4. The fraction of sp³-hybridized carbons (Fsp3) is 0.208. The lowest BCUT2D eigenvalue weighted by Gasteiger charge is -2.38. The van der Waals surface area contributed by atoms with Crippen molar-refractivity contribution in [2.45, 2.75) is 23.6 Å². The number of hydrazone groups is 1. The normalized spacial score (nSPS) is 20.7. The van der Waals surface area contributed by atoms with E-state index in [1.807, 2.05) is 36.4 Å². The zero-order chi connectivity index (χ0) is 20.9. The summed E-state index contributed by atoms with van der Waals surface area (Å²) in [6.07, 6.45) is 2.53. The maximum atomic E-state index is 6.43. The van der Waals surface area contributed by atoms with Crippen LogP contribution in [-0.2, 0) is 0 Å². The highest BCUT2D eigenvalue weighted by Crippen LogP contribution is 2.48. The third kappa shape index (κ3) is 3.22. The highest BCUT2D eigenvalue weighted by molar-refractivity contribution is 7.98. The largest absolute Gasteiger partial charge is 0.464 e. The van der Waals surface area contributed by atoms with Crippen LogP contribution in [0.3, 0.4) is 0 Å². The first kappa shape index (κ1) is 18.9. The maximum Gasteiger partial charge on any atom is 0.231 e. The van der Waals surface area contributed by atoms with Gasteiger partial charge in [0.25, 0.3) is 0 Å². The zero-order valence-corrected chi connectivity index (χ0v) is 18.3. The minimum atomic E-state index is -0.305. The molecule has 6 rings (SSSR count). The summed E-state index contributed by atoms with van der Waals surface area (Å²) in [5.74, 6) is 2.38. The van der Waals surface area contributed by atoms with Gasteiger partial charge in [0.1, 0.15) is 5.75 Å². The van der Waals surface area contributed by atoms with Gasteiger partial charge in [-0.3, -0.25) is 0 Å². The molecule has 31 heavy (non-hydrogen) atoms. The number of ether oxygens (including phenoxy) is 3. The minimum absolute atomic E-state index is 0.0492. The maximum absolute atomic E-state index is 6.43. The van der Waals surface area contributed by atoms with Crippen molar-refractivity contribution in [3.63, 3.8) is 0 Å². The smallest absolute Gasteiger partial charge is 0.231 e. The Balaban J connectivity index is 1.42. The molecule has 2 atom stereocenters. The first-order valence-corrected chi connectivity index (χ1v) is 11.7. The molecule has 3 aromatic carbocycles. The molecule has 3 aliphatic heterocycles. The van der Waals surface area contributed by atoms with Crippen molar-refractivity contribution in [2.24, 2.45) is 5.10 Å². The molecule has 7 heteroatoms. The number of hydrogen-bond acceptors (Lipinski definition) is 6. The molecular weight excluding hydrogens is 432 g/mol. The van der Waals surface area contributed by atoms with Crippen LogP contribution in [0.5, 0.6) is 17.2 Å². The molecule has 0 fully saturated rings. The van der Waals surface area contributed by atoms with Crippen LogP contribution in [0.15, 0.2) is 70.7 Å². The van der Waals surface area contributed by atoms with E-state index >= 15 is 0 Å². The van der Waals surface area contributed by atoms with Crippen LogP contribution < -0.4 is 14.2 Å². The summed E-state index contributed by atoms with van der Waals surface area (Å²) in [7, 11) is 0. The molecule has 0 saturated heterocycles. The predicted molar refractivity (Wildman–Crippen MR) is 121 cm³/mol. The van der Waals surface area contributed by atoms with Crippen LogP contribution in [0.25, 0.3) is 0 Å². The third-order valence-electron chi connectivity index (χ3n) is 5.86. The van der Waals surface area contributed by atoms with E-state index in [-0.39, 0.29) is 19.1 Å². The van der Waals surface area contributed by atoms with Gasteiger partial charge in [0.05, 0.1) is 11.8 Å². The van der Waals surface area contributed by atoms with Gasteiger partial charge in [-0.2, -0.15) is 5.10 Å². The molecule has 0 unspecified atom stereocenters. The van der Waals surface area contributed by atoms with Crippen LogP contribution >= 0.6 is 23.4 Å². The van der Waals surface area contributed by atoms with E-state index in [0.717, 1.165) is 46.1 Å². The van der Waals surface area contributed by atoms with Gasteiger partial charge in [-0.05, 0) is 54.8 Å². The van der Waals surface area contributed by atoms with E-state index in [1.54, 1.807) is 11.8 Å². The average molecular weight is 451 g/mol. The van der Waals surface area contributed by atoms with Gasteiger partial charge in [-0.1, -0.05) is 23.7 Å². The van der Waals surface area contributed by atoms with Gasteiger partial charge in [-0.15, -0.1) is 11.8 Å². The van der Waals surface area contributed by atoms with Gasteiger partial charge < -0.3 is 14.2 Å². The Hall–Kier alpha value is -2.83. The first-order chi connectivity index (χ1) is 15.2. The molecule has 0 aromatic heterocycles. The van der Waals surface area contributed by atoms with Crippen LogP contribution in [-0.4, -0.2) is 23.8 Å². The average Bonchev–Trinajstić information content (AvgIpc) is 3.45. The monoisotopic (exact) mass is 450 g/mol. The van der Waals surface area contributed by atoms with E-state index in [2.05, 4.69) is 35.5 Å². The Morgan fingerprint density at radius 3 is 2.61 bits per heavy atom. The molecule has 0 radical (unpaired) electrons. The Morgan fingerprint density at radius 1 is 0.968 bits per heavy atom. The first-order valence-electron chi connectivity index (χ1n) is 10.1. The highest BCUT2D eigenvalue weighted by atomic mass is 35.5. The number of hydrogen-bond donors (Lipinski definition) is 0. The van der Waals surface area contributed by atoms with Crippen LogP contribution in [0.4, 0.5) is 0 Å². The fourth-order valence-corrected chi connectivity index (χ4v) is 4.89. The van der Waals surface area contributed by atoms with Gasteiger partial charge in [-0.25, -0.2) is 5.01 Å². The summed E-state index contributed by atoms with van der Waals surface area (Å²) in [5.41, 5.74) is 4.15. The summed E-state index contributed by atoms with van der Waals surface area (Å²) >= 11 is 8.05. The molecule has 0 N–H and O–H groups in total. The van der Waals surface area contributed by atoms with Gasteiger partial charge >= 0.3 is 0 Å². The second kappa shape index (κ2) is 7.39. The summed E-state index contributed by atoms with van der Waals surface area (Å²) in [5, 5.41) is 7.77. The van der Waals surface area contributed by atoms with Crippen LogP contribution in [0, 0.1) is 0 Å². The molecular formula is C24H19ClN2O3S. The summed E-state index contributed by atoms with van der Waals surface area (Å²) in [6.45, 7) is 0.258. The number of nitrogens with zero attached hydrogens (tertiary/aromatic N) is 2. The minimum Gasteiger partial charge on any atom is -0.464 e. The van der Waals surface area contributed by atoms with Crippen molar-refractivity contribution in [2.75, 3.05) is 13.0 Å². The second-order valence-electron chi connectivity index (χ2n) is 7.64. The molecule has 3 aromatic rings. The number of thioether (sulfide) groups is 1. The molecule has 0 amide bonds. The molecule has 0 aliphatic carbocycles. The van der Waals surface area contributed by atoms with Crippen molar-refractivity contribution >= 4 is 29.1 Å². The third-order valence-corrected chi connectivity index (χ3v) is 6.84. The number of halogens is 1. The standard InChI is InChI=1S/C24H19ClN2O3S/c1-31-17-6-2-14(3-7-17)24-27-20(18-11-16(25)5-9-21(18)30-24)12-19(26-27)15-4-8-22-23(10-15)29-13-28-22/h2-11,20,24H,12-13H2,1H3/t20-,24-/m1/s1. The predicted octanol–water partition coefficient (Wildman–Crippen LogP) is 6.03. The number of rotatable bonds is 3. The Bertz CT molecular complexity index is 1200. The quantitative estimate of drug-likeness (QED) is 0.455. The number of fused-ring (bicyclic) bond motifs is 4. The Labute approximate surface area is 189 Å². The molecule has 5 nitrogen and oxygen atoms in total. The van der Waals surface area contributed by atoms with E-state index < -0.39 is 0 Å². The Kier molecular flexibility index (Phi) is 4.51. The van der Waals surface area contributed by atoms with Gasteiger partial charge in [0.2, 0.25) is 13.0 Å². The molecule has 3 heterocycles. The van der Waals surface area contributed by atoms with Crippen molar-refractivity contribution in [3.05, 3.63) is 82.4 Å². The zero-order valence-electron chi connectivity index (χ0n) is 16.7. The lowest BCUT2D eigenvalue weighted by molar-refractivity contribution is -0.0190. The SMILES string of the molecule is CSc1ccc([C@H]2Oc3ccc(Cl)cc3[C@H]3CC(c4ccc5c(c4)OCO5)=NN32)cc1. The topological polar surface area (TPSA) is 43.3 Å². The highest BCUT2D eigenvalue weighted by Gasteiger charge is 2.41. The molecule has 0 bridgehead atoms. The fourth-order valence-electron chi connectivity index (χ4n) is 4.30. The summed E-state index contributed by atoms with van der Waals surface area (Å²) in [6, 6.07) is 20.3. The van der Waals surface area contributed by atoms with E-state index in [0.29, 0.717) is 5.02 Å². The molecule has 0 spiro atoms. The van der Waals surface area contributed by atoms with E-state index in [1.165, 1.54) is 4.90 Å². The Morgan fingerprint density at radius 2 is 1.77 bits per heavy atom. The van der Waals surface area contributed by atoms with Gasteiger partial charge in [0, 0.05) is 33.0 Å². The van der Waals surface area contributed by atoms with E-state index in [9.17, 15) is 0 Å². The summed E-state index contributed by atoms with van der Waals surface area (Å²) in [4.78, 5) is 1.22. The molecule has 0 saturated carbocycles. The van der Waals surface area contributed by atoms with Crippen molar-refractivity contribution in [3.8, 4) is 17.2 Å². The van der Waals surface area contributed by atoms with Crippen molar-refractivity contribution < 1.29 is 14.2 Å². The van der Waals surface area contributed by atoms with Crippen LogP contribution in [0.1, 0.15) is 35.4 Å².